The summed E-state index contributed by atoms with van der Waals surface area (Å²) in [4.78, 5) is 24.0. The number of carbonyl (C=O) groups excluding carboxylic acids is 2. The SMILES string of the molecule is Cc1ccc(C(=O)NCCNC(=O)c2ccc(C(C)C)cc2)cc1. The normalized spacial score (nSPS) is 10.5. The lowest BCUT2D eigenvalue weighted by molar-refractivity contribution is 0.0927. The molecule has 2 N–H and O–H groups in total. The van der Waals surface area contributed by atoms with Gasteiger partial charge in [0, 0.05) is 24.2 Å². The summed E-state index contributed by atoms with van der Waals surface area (Å²) in [6.07, 6.45) is 0. The van der Waals surface area contributed by atoms with Crippen molar-refractivity contribution in [2.75, 3.05) is 13.1 Å². The number of hydrogen-bond acceptors (Lipinski definition) is 2. The highest BCUT2D eigenvalue weighted by Crippen LogP contribution is 2.14. The van der Waals surface area contributed by atoms with Crippen molar-refractivity contribution >= 4 is 11.8 Å². The van der Waals surface area contributed by atoms with Crippen LogP contribution in [0, 0.1) is 6.92 Å². The van der Waals surface area contributed by atoms with Crippen molar-refractivity contribution in [1.29, 1.82) is 0 Å². The Hall–Kier alpha value is -2.62. The second-order valence-electron chi connectivity index (χ2n) is 6.15. The van der Waals surface area contributed by atoms with E-state index in [1.165, 1.54) is 5.56 Å². The van der Waals surface area contributed by atoms with E-state index in [1.807, 2.05) is 43.3 Å². The minimum Gasteiger partial charge on any atom is -0.350 e. The highest BCUT2D eigenvalue weighted by Gasteiger charge is 2.07. The van der Waals surface area contributed by atoms with Crippen molar-refractivity contribution in [3.05, 3.63) is 70.8 Å². The largest absolute Gasteiger partial charge is 0.350 e. The number of carbonyl (C=O) groups is 2. The first-order chi connectivity index (χ1) is 11.5. The summed E-state index contributed by atoms with van der Waals surface area (Å²) < 4.78 is 0. The maximum absolute atomic E-state index is 12.1. The standard InChI is InChI=1S/C20H24N2O2/c1-14(2)16-8-10-18(11-9-16)20(24)22-13-12-21-19(23)17-6-4-15(3)5-7-17/h4-11,14H,12-13H2,1-3H3,(H,21,23)(H,22,24). The zero-order chi connectivity index (χ0) is 17.5. The van der Waals surface area contributed by atoms with Crippen molar-refractivity contribution in [1.82, 2.24) is 10.6 Å². The van der Waals surface area contributed by atoms with E-state index in [0.29, 0.717) is 30.1 Å². The van der Waals surface area contributed by atoms with Crippen LogP contribution >= 0.6 is 0 Å². The van der Waals surface area contributed by atoms with Crippen LogP contribution in [0.25, 0.3) is 0 Å². The molecule has 0 bridgehead atoms. The van der Waals surface area contributed by atoms with Crippen LogP contribution in [0.2, 0.25) is 0 Å². The summed E-state index contributed by atoms with van der Waals surface area (Å²) >= 11 is 0. The Morgan fingerprint density at radius 1 is 0.792 bits per heavy atom. The molecule has 2 rings (SSSR count). The molecule has 0 radical (unpaired) electrons. The molecule has 2 aromatic carbocycles. The third-order valence-electron chi connectivity index (χ3n) is 3.85. The van der Waals surface area contributed by atoms with Crippen LogP contribution in [0.1, 0.15) is 51.6 Å². The van der Waals surface area contributed by atoms with Crippen LogP contribution in [0.5, 0.6) is 0 Å². The Morgan fingerprint density at radius 3 is 1.62 bits per heavy atom. The van der Waals surface area contributed by atoms with Gasteiger partial charge in [0.05, 0.1) is 0 Å². The van der Waals surface area contributed by atoms with Crippen molar-refractivity contribution in [2.24, 2.45) is 0 Å². The molecule has 0 spiro atoms. The van der Waals surface area contributed by atoms with Crippen LogP contribution in [0.3, 0.4) is 0 Å². The van der Waals surface area contributed by atoms with Crippen LogP contribution in [-0.2, 0) is 0 Å². The Bertz CT molecular complexity index is 689. The topological polar surface area (TPSA) is 58.2 Å². The fourth-order valence-electron chi connectivity index (χ4n) is 2.28. The summed E-state index contributed by atoms with van der Waals surface area (Å²) in [6, 6.07) is 15.0. The zero-order valence-electron chi connectivity index (χ0n) is 14.4. The van der Waals surface area contributed by atoms with E-state index in [9.17, 15) is 9.59 Å². The van der Waals surface area contributed by atoms with Crippen molar-refractivity contribution in [3.63, 3.8) is 0 Å². The lowest BCUT2D eigenvalue weighted by atomic mass is 10.0. The van der Waals surface area contributed by atoms with Gasteiger partial charge in [-0.25, -0.2) is 0 Å². The average Bonchev–Trinajstić information content (AvgIpc) is 2.59. The average molecular weight is 324 g/mol. The summed E-state index contributed by atoms with van der Waals surface area (Å²) in [6.45, 7) is 6.99. The quantitative estimate of drug-likeness (QED) is 0.801. The van der Waals surface area contributed by atoms with Gasteiger partial charge >= 0.3 is 0 Å². The third-order valence-corrected chi connectivity index (χ3v) is 3.85. The first kappa shape index (κ1) is 17.7. The molecule has 0 atom stereocenters. The van der Waals surface area contributed by atoms with Gasteiger partial charge in [-0.1, -0.05) is 43.7 Å². The van der Waals surface area contributed by atoms with E-state index in [-0.39, 0.29) is 11.8 Å². The van der Waals surface area contributed by atoms with E-state index < -0.39 is 0 Å². The van der Waals surface area contributed by atoms with Gasteiger partial charge in [0.1, 0.15) is 0 Å². The summed E-state index contributed by atoms with van der Waals surface area (Å²) in [5, 5.41) is 5.61. The molecule has 0 saturated carbocycles. The summed E-state index contributed by atoms with van der Waals surface area (Å²) in [5.41, 5.74) is 3.57. The fourth-order valence-corrected chi connectivity index (χ4v) is 2.28. The van der Waals surface area contributed by atoms with E-state index in [1.54, 1.807) is 12.1 Å². The zero-order valence-corrected chi connectivity index (χ0v) is 14.4. The molecular formula is C20H24N2O2. The van der Waals surface area contributed by atoms with E-state index in [2.05, 4.69) is 24.5 Å². The first-order valence-corrected chi connectivity index (χ1v) is 8.20. The number of hydrogen-bond donors (Lipinski definition) is 2. The van der Waals surface area contributed by atoms with Gasteiger partial charge < -0.3 is 10.6 Å². The predicted molar refractivity (Wildman–Crippen MR) is 96.4 cm³/mol. The van der Waals surface area contributed by atoms with E-state index in [0.717, 1.165) is 5.56 Å². The van der Waals surface area contributed by atoms with Crippen LogP contribution < -0.4 is 10.6 Å². The predicted octanol–water partition coefficient (Wildman–Crippen LogP) is 3.28. The third kappa shape index (κ3) is 4.95. The van der Waals surface area contributed by atoms with Gasteiger partial charge in [-0.15, -0.1) is 0 Å². The Kier molecular flexibility index (Phi) is 6.13. The van der Waals surface area contributed by atoms with Gasteiger partial charge in [0.2, 0.25) is 0 Å². The number of rotatable bonds is 6. The van der Waals surface area contributed by atoms with Gasteiger partial charge in [-0.3, -0.25) is 9.59 Å². The molecule has 0 aliphatic rings. The van der Waals surface area contributed by atoms with Crippen molar-refractivity contribution in [2.45, 2.75) is 26.7 Å². The minimum atomic E-state index is -0.134. The summed E-state index contributed by atoms with van der Waals surface area (Å²) in [7, 11) is 0. The Labute approximate surface area is 143 Å². The van der Waals surface area contributed by atoms with Crippen molar-refractivity contribution in [3.8, 4) is 0 Å². The Balaban J connectivity index is 1.76. The van der Waals surface area contributed by atoms with Crippen LogP contribution in [-0.4, -0.2) is 24.9 Å². The molecule has 2 aromatic rings. The van der Waals surface area contributed by atoms with Gasteiger partial charge in [-0.05, 0) is 42.7 Å². The van der Waals surface area contributed by atoms with Crippen LogP contribution in [0.4, 0.5) is 0 Å². The lowest BCUT2D eigenvalue weighted by Crippen LogP contribution is -2.34. The summed E-state index contributed by atoms with van der Waals surface area (Å²) in [5.74, 6) is 0.180. The molecular weight excluding hydrogens is 300 g/mol. The molecule has 0 aliphatic carbocycles. The fraction of sp³-hybridized carbons (Fsp3) is 0.300. The van der Waals surface area contributed by atoms with Crippen molar-refractivity contribution < 1.29 is 9.59 Å². The number of benzene rings is 2. The van der Waals surface area contributed by atoms with Gasteiger partial charge in [0.25, 0.3) is 11.8 Å². The molecule has 0 unspecified atom stereocenters. The number of nitrogens with one attached hydrogen (secondary N) is 2. The lowest BCUT2D eigenvalue weighted by Gasteiger charge is -2.09. The van der Waals surface area contributed by atoms with E-state index >= 15 is 0 Å². The molecule has 0 fully saturated rings. The monoisotopic (exact) mass is 324 g/mol. The number of aryl methyl sites for hydroxylation is 1. The smallest absolute Gasteiger partial charge is 0.251 e. The van der Waals surface area contributed by atoms with Gasteiger partial charge in [-0.2, -0.15) is 0 Å². The molecule has 4 heteroatoms. The number of amides is 2. The molecule has 0 aliphatic heterocycles. The maximum atomic E-state index is 12.1. The molecule has 24 heavy (non-hydrogen) atoms. The first-order valence-electron chi connectivity index (χ1n) is 8.20. The van der Waals surface area contributed by atoms with E-state index in [4.69, 9.17) is 0 Å². The van der Waals surface area contributed by atoms with Crippen LogP contribution in [0.15, 0.2) is 48.5 Å². The molecule has 2 amide bonds. The highest BCUT2D eigenvalue weighted by molar-refractivity contribution is 5.95. The molecule has 0 aromatic heterocycles. The maximum Gasteiger partial charge on any atom is 0.251 e. The highest BCUT2D eigenvalue weighted by atomic mass is 16.2. The molecule has 0 heterocycles. The van der Waals surface area contributed by atoms with Gasteiger partial charge in [0.15, 0.2) is 0 Å². The molecule has 126 valence electrons. The minimum absolute atomic E-state index is 0.130. The Morgan fingerprint density at radius 2 is 1.21 bits per heavy atom. The molecule has 4 nitrogen and oxygen atoms in total. The second kappa shape index (κ2) is 8.29. The second-order valence-corrected chi connectivity index (χ2v) is 6.15. The molecule has 0 saturated heterocycles.